The van der Waals surface area contributed by atoms with E-state index in [0.29, 0.717) is 22.4 Å². The number of aromatic amines is 1. The number of thioether (sulfide) groups is 1. The molecule has 0 atom stereocenters. The molecule has 0 fully saturated rings. The smallest absolute Gasteiger partial charge is 0.336 e. The third-order valence-electron chi connectivity index (χ3n) is 3.45. The van der Waals surface area contributed by atoms with Crippen LogP contribution >= 0.6 is 23.4 Å². The molecule has 2 rings (SSSR count). The van der Waals surface area contributed by atoms with Crippen LogP contribution in [0.15, 0.2) is 34.2 Å². The third kappa shape index (κ3) is 5.37. The first-order valence-corrected chi connectivity index (χ1v) is 9.35. The number of carbonyl (C=O) groups excluding carboxylic acids is 2. The maximum atomic E-state index is 12.2. The molecule has 0 spiro atoms. The molecule has 1 aromatic carbocycles. The number of likely N-dealkylation sites (N-methyl/N-ethyl adjacent to an activating group) is 1. The van der Waals surface area contributed by atoms with Gasteiger partial charge in [0.05, 0.1) is 23.0 Å². The number of nitrogens with zero attached hydrogens (tertiary/aromatic N) is 3. The SMILES string of the molecule is CCCn1c(SCC(=O)N(C)CC(=O)Nc2ccccc2Cl)n[nH]c1=O. The fourth-order valence-corrected chi connectivity index (χ4v) is 3.22. The van der Waals surface area contributed by atoms with Gasteiger partial charge in [-0.3, -0.25) is 14.2 Å². The molecule has 0 aliphatic carbocycles. The Morgan fingerprint density at radius 2 is 2.12 bits per heavy atom. The number of anilines is 1. The van der Waals surface area contributed by atoms with Gasteiger partial charge in [0.2, 0.25) is 11.8 Å². The molecule has 1 aromatic heterocycles. The Bertz CT molecular complexity index is 835. The van der Waals surface area contributed by atoms with Gasteiger partial charge in [-0.25, -0.2) is 9.89 Å². The van der Waals surface area contributed by atoms with Crippen molar-refractivity contribution < 1.29 is 9.59 Å². The van der Waals surface area contributed by atoms with Gasteiger partial charge in [-0.05, 0) is 18.6 Å². The second-order valence-electron chi connectivity index (χ2n) is 5.53. The van der Waals surface area contributed by atoms with Crippen LogP contribution in [-0.2, 0) is 16.1 Å². The Morgan fingerprint density at radius 3 is 2.81 bits per heavy atom. The number of carbonyl (C=O) groups is 2. The van der Waals surface area contributed by atoms with E-state index < -0.39 is 0 Å². The van der Waals surface area contributed by atoms with E-state index in [4.69, 9.17) is 11.6 Å². The predicted octanol–water partition coefficient (Wildman–Crippen LogP) is 1.82. The maximum absolute atomic E-state index is 12.2. The zero-order valence-electron chi connectivity index (χ0n) is 14.5. The van der Waals surface area contributed by atoms with Gasteiger partial charge in [0.15, 0.2) is 5.16 Å². The number of benzene rings is 1. The Hall–Kier alpha value is -2.26. The molecule has 1 heterocycles. The van der Waals surface area contributed by atoms with Gasteiger partial charge in [-0.15, -0.1) is 5.10 Å². The Balaban J connectivity index is 1.87. The molecule has 10 heteroatoms. The minimum atomic E-state index is -0.346. The van der Waals surface area contributed by atoms with Crippen LogP contribution in [0.4, 0.5) is 5.69 Å². The summed E-state index contributed by atoms with van der Waals surface area (Å²) in [6.07, 6.45) is 0.781. The number of nitrogens with one attached hydrogen (secondary N) is 2. The van der Waals surface area contributed by atoms with Crippen molar-refractivity contribution in [1.29, 1.82) is 0 Å². The minimum Gasteiger partial charge on any atom is -0.336 e. The fourth-order valence-electron chi connectivity index (χ4n) is 2.13. The highest BCUT2D eigenvalue weighted by atomic mass is 35.5. The van der Waals surface area contributed by atoms with E-state index in [-0.39, 0.29) is 29.8 Å². The number of halogens is 1. The molecular weight excluding hydrogens is 378 g/mol. The molecule has 2 N–H and O–H groups in total. The van der Waals surface area contributed by atoms with Crippen molar-refractivity contribution in [3.8, 4) is 0 Å². The van der Waals surface area contributed by atoms with Crippen LogP contribution in [0.25, 0.3) is 0 Å². The van der Waals surface area contributed by atoms with E-state index in [1.807, 2.05) is 6.92 Å². The van der Waals surface area contributed by atoms with Crippen molar-refractivity contribution in [1.82, 2.24) is 19.7 Å². The lowest BCUT2D eigenvalue weighted by Crippen LogP contribution is -2.36. The molecule has 0 saturated carbocycles. The number of rotatable bonds is 8. The standard InChI is InChI=1S/C16H20ClN5O3S/c1-3-8-22-15(25)19-20-16(22)26-10-14(24)21(2)9-13(23)18-12-7-5-4-6-11(12)17/h4-7H,3,8-10H2,1-2H3,(H,18,23)(H,19,25). The van der Waals surface area contributed by atoms with Crippen molar-refractivity contribution in [2.45, 2.75) is 25.0 Å². The van der Waals surface area contributed by atoms with E-state index in [0.717, 1.165) is 18.2 Å². The lowest BCUT2D eigenvalue weighted by molar-refractivity contribution is -0.131. The molecule has 2 aromatic rings. The van der Waals surface area contributed by atoms with E-state index in [1.54, 1.807) is 31.3 Å². The number of aromatic nitrogens is 3. The summed E-state index contributed by atoms with van der Waals surface area (Å²) in [5.74, 6) is -0.520. The van der Waals surface area contributed by atoms with E-state index in [2.05, 4.69) is 15.5 Å². The van der Waals surface area contributed by atoms with Gasteiger partial charge >= 0.3 is 5.69 Å². The van der Waals surface area contributed by atoms with Crippen molar-refractivity contribution in [3.63, 3.8) is 0 Å². The Labute approximate surface area is 159 Å². The molecular formula is C16H20ClN5O3S. The van der Waals surface area contributed by atoms with Crippen LogP contribution in [-0.4, -0.2) is 50.8 Å². The molecule has 0 saturated heterocycles. The zero-order chi connectivity index (χ0) is 19.1. The van der Waals surface area contributed by atoms with Crippen molar-refractivity contribution in [2.75, 3.05) is 24.7 Å². The number of H-pyrrole nitrogens is 1. The monoisotopic (exact) mass is 397 g/mol. The van der Waals surface area contributed by atoms with Gasteiger partial charge in [-0.2, -0.15) is 0 Å². The first-order chi connectivity index (χ1) is 12.4. The summed E-state index contributed by atoms with van der Waals surface area (Å²) < 4.78 is 1.49. The molecule has 2 amide bonds. The van der Waals surface area contributed by atoms with Gasteiger partial charge < -0.3 is 10.2 Å². The molecule has 140 valence electrons. The highest BCUT2D eigenvalue weighted by molar-refractivity contribution is 7.99. The first kappa shape index (κ1) is 20.1. The van der Waals surface area contributed by atoms with Crippen LogP contribution in [0, 0.1) is 0 Å². The van der Waals surface area contributed by atoms with Gasteiger partial charge in [0.1, 0.15) is 0 Å². The van der Waals surface area contributed by atoms with Crippen LogP contribution < -0.4 is 11.0 Å². The lowest BCUT2D eigenvalue weighted by Gasteiger charge is -2.17. The van der Waals surface area contributed by atoms with Crippen LogP contribution in [0.5, 0.6) is 0 Å². The van der Waals surface area contributed by atoms with Crippen molar-refractivity contribution >= 4 is 40.9 Å². The Kier molecular flexibility index (Phi) is 7.28. The number of hydrogen-bond acceptors (Lipinski definition) is 5. The maximum Gasteiger partial charge on any atom is 0.343 e. The average Bonchev–Trinajstić information content (AvgIpc) is 2.95. The van der Waals surface area contributed by atoms with Crippen LogP contribution in [0.1, 0.15) is 13.3 Å². The number of amides is 2. The minimum absolute atomic E-state index is 0.0733. The highest BCUT2D eigenvalue weighted by Crippen LogP contribution is 2.20. The molecule has 26 heavy (non-hydrogen) atoms. The summed E-state index contributed by atoms with van der Waals surface area (Å²) in [5.41, 5.74) is 0.198. The molecule has 0 unspecified atom stereocenters. The zero-order valence-corrected chi connectivity index (χ0v) is 16.1. The summed E-state index contributed by atoms with van der Waals surface area (Å²) in [5, 5.41) is 9.84. The summed E-state index contributed by atoms with van der Waals surface area (Å²) in [7, 11) is 1.54. The first-order valence-electron chi connectivity index (χ1n) is 7.98. The second-order valence-corrected chi connectivity index (χ2v) is 6.88. The third-order valence-corrected chi connectivity index (χ3v) is 4.74. The average molecular weight is 398 g/mol. The number of para-hydroxylation sites is 1. The van der Waals surface area contributed by atoms with Gasteiger partial charge in [0, 0.05) is 13.6 Å². The van der Waals surface area contributed by atoms with E-state index in [9.17, 15) is 14.4 Å². The van der Waals surface area contributed by atoms with Crippen LogP contribution in [0.3, 0.4) is 0 Å². The van der Waals surface area contributed by atoms with Crippen molar-refractivity contribution in [3.05, 3.63) is 39.8 Å². The summed E-state index contributed by atoms with van der Waals surface area (Å²) in [6, 6.07) is 6.87. The van der Waals surface area contributed by atoms with E-state index >= 15 is 0 Å². The molecule has 0 aliphatic heterocycles. The molecule has 0 aliphatic rings. The summed E-state index contributed by atoms with van der Waals surface area (Å²) in [4.78, 5) is 37.2. The second kappa shape index (κ2) is 9.44. The topological polar surface area (TPSA) is 100 Å². The highest BCUT2D eigenvalue weighted by Gasteiger charge is 2.16. The normalized spacial score (nSPS) is 10.6. The fraction of sp³-hybridized carbons (Fsp3) is 0.375. The van der Waals surface area contributed by atoms with Gasteiger partial charge in [0.25, 0.3) is 0 Å². The quantitative estimate of drug-likeness (QED) is 0.662. The lowest BCUT2D eigenvalue weighted by atomic mass is 10.3. The van der Waals surface area contributed by atoms with Crippen LogP contribution in [0.2, 0.25) is 5.02 Å². The molecule has 0 radical (unpaired) electrons. The largest absolute Gasteiger partial charge is 0.343 e. The predicted molar refractivity (Wildman–Crippen MR) is 102 cm³/mol. The molecule has 8 nitrogen and oxygen atoms in total. The summed E-state index contributed by atoms with van der Waals surface area (Å²) >= 11 is 7.15. The summed E-state index contributed by atoms with van der Waals surface area (Å²) in [6.45, 7) is 2.37. The van der Waals surface area contributed by atoms with E-state index in [1.165, 1.54) is 9.47 Å². The van der Waals surface area contributed by atoms with Gasteiger partial charge in [-0.1, -0.05) is 42.4 Å². The Morgan fingerprint density at radius 1 is 1.38 bits per heavy atom. The van der Waals surface area contributed by atoms with Crippen molar-refractivity contribution in [2.24, 2.45) is 0 Å². The molecule has 0 bridgehead atoms. The number of hydrogen-bond donors (Lipinski definition) is 2.